The summed E-state index contributed by atoms with van der Waals surface area (Å²) in [5.41, 5.74) is 4.12. The molecule has 0 atom stereocenters. The van der Waals surface area contributed by atoms with Gasteiger partial charge in [-0.2, -0.15) is 5.10 Å². The fourth-order valence-corrected chi connectivity index (χ4v) is 5.38. The number of aryl methyl sites for hydroxylation is 1. The van der Waals surface area contributed by atoms with Crippen LogP contribution in [0.25, 0.3) is 0 Å². The molecule has 1 aliphatic rings. The third-order valence-corrected chi connectivity index (χ3v) is 7.28. The van der Waals surface area contributed by atoms with Crippen LogP contribution < -0.4 is 25.0 Å². The van der Waals surface area contributed by atoms with Gasteiger partial charge >= 0.3 is 23.8 Å². The maximum absolute atomic E-state index is 12.5. The van der Waals surface area contributed by atoms with Crippen molar-refractivity contribution in [2.45, 2.75) is 25.7 Å². The van der Waals surface area contributed by atoms with E-state index in [0.29, 0.717) is 28.9 Å². The zero-order valence-electron chi connectivity index (χ0n) is 22.1. The van der Waals surface area contributed by atoms with Crippen LogP contribution in [0.2, 0.25) is 0 Å². The van der Waals surface area contributed by atoms with Crippen molar-refractivity contribution in [1.29, 1.82) is 0 Å². The normalized spacial score (nSPS) is 12.3. The van der Waals surface area contributed by atoms with Gasteiger partial charge in [-0.25, -0.2) is 15.0 Å². The van der Waals surface area contributed by atoms with E-state index in [1.165, 1.54) is 44.9 Å². The summed E-state index contributed by atoms with van der Waals surface area (Å²) in [4.78, 5) is 50.8. The maximum atomic E-state index is 12.5. The van der Waals surface area contributed by atoms with E-state index in [0.717, 1.165) is 29.7 Å². The van der Waals surface area contributed by atoms with E-state index in [9.17, 15) is 19.2 Å². The number of carbonyl (C=O) groups excluding carboxylic acids is 4. The Bertz CT molecular complexity index is 1480. The predicted molar refractivity (Wildman–Crippen MR) is 148 cm³/mol. The molecule has 2 aromatic carbocycles. The summed E-state index contributed by atoms with van der Waals surface area (Å²) in [7, 11) is 4.18. The van der Waals surface area contributed by atoms with E-state index >= 15 is 0 Å². The molecule has 12 heteroatoms. The zero-order chi connectivity index (χ0) is 28.6. The lowest BCUT2D eigenvalue weighted by molar-refractivity contribution is -0.136. The van der Waals surface area contributed by atoms with Gasteiger partial charge in [0.2, 0.25) is 0 Å². The highest BCUT2D eigenvalue weighted by Gasteiger charge is 2.28. The molecular formula is C28H27N3O8S. The van der Waals surface area contributed by atoms with Crippen LogP contribution in [0.15, 0.2) is 47.6 Å². The lowest BCUT2D eigenvalue weighted by Gasteiger charge is -2.11. The highest BCUT2D eigenvalue weighted by Crippen LogP contribution is 2.38. The van der Waals surface area contributed by atoms with Gasteiger partial charge in [0.15, 0.2) is 11.5 Å². The Morgan fingerprint density at radius 1 is 0.900 bits per heavy atom. The Labute approximate surface area is 234 Å². The van der Waals surface area contributed by atoms with Crippen LogP contribution in [0, 0.1) is 0 Å². The average Bonchev–Trinajstić information content (AvgIpc) is 3.34. The van der Waals surface area contributed by atoms with E-state index in [-0.39, 0.29) is 16.5 Å². The number of amides is 2. The molecule has 4 rings (SSSR count). The summed E-state index contributed by atoms with van der Waals surface area (Å²) < 4.78 is 20.8. The molecule has 40 heavy (non-hydrogen) atoms. The number of ether oxygens (including phenoxy) is 4. The SMILES string of the molecule is COC(=O)c1c(NC(=O)C(=O)NN=Cc2ccc(OC(=O)c3cccc(OC)c3)c(OC)c2)sc2c1CCCC2. The fourth-order valence-electron chi connectivity index (χ4n) is 4.11. The molecule has 0 fully saturated rings. The molecule has 1 heterocycles. The molecule has 0 radical (unpaired) electrons. The first kappa shape index (κ1) is 28.3. The number of carbonyl (C=O) groups is 4. The quantitative estimate of drug-likeness (QED) is 0.138. The number of rotatable bonds is 8. The molecule has 2 amide bonds. The van der Waals surface area contributed by atoms with Gasteiger partial charge in [-0.1, -0.05) is 6.07 Å². The van der Waals surface area contributed by atoms with E-state index in [2.05, 4.69) is 15.8 Å². The minimum Gasteiger partial charge on any atom is -0.497 e. The summed E-state index contributed by atoms with van der Waals surface area (Å²) >= 11 is 1.27. The van der Waals surface area contributed by atoms with Gasteiger partial charge in [0.1, 0.15) is 10.8 Å². The summed E-state index contributed by atoms with van der Waals surface area (Å²) in [5, 5.41) is 6.62. The van der Waals surface area contributed by atoms with Gasteiger partial charge in [0, 0.05) is 4.88 Å². The summed E-state index contributed by atoms with van der Waals surface area (Å²) in [6.45, 7) is 0. The number of methoxy groups -OCH3 is 3. The molecule has 1 aromatic heterocycles. The van der Waals surface area contributed by atoms with Crippen LogP contribution >= 0.6 is 11.3 Å². The Morgan fingerprint density at radius 3 is 2.45 bits per heavy atom. The monoisotopic (exact) mass is 565 g/mol. The molecule has 0 aliphatic heterocycles. The molecule has 0 unspecified atom stereocenters. The highest BCUT2D eigenvalue weighted by molar-refractivity contribution is 7.17. The second-order valence-corrected chi connectivity index (χ2v) is 9.70. The molecule has 2 N–H and O–H groups in total. The topological polar surface area (TPSA) is 142 Å². The average molecular weight is 566 g/mol. The molecule has 3 aromatic rings. The Morgan fingerprint density at radius 2 is 1.70 bits per heavy atom. The molecule has 208 valence electrons. The number of nitrogens with one attached hydrogen (secondary N) is 2. The third kappa shape index (κ3) is 6.46. The summed E-state index contributed by atoms with van der Waals surface area (Å²) in [6.07, 6.45) is 4.74. The van der Waals surface area contributed by atoms with Gasteiger partial charge < -0.3 is 24.3 Å². The van der Waals surface area contributed by atoms with Gasteiger partial charge in [0.25, 0.3) is 0 Å². The number of nitrogens with zero attached hydrogens (tertiary/aromatic N) is 1. The smallest absolute Gasteiger partial charge is 0.343 e. The van der Waals surface area contributed by atoms with Crippen LogP contribution in [0.3, 0.4) is 0 Å². The molecule has 0 saturated carbocycles. The van der Waals surface area contributed by atoms with E-state index in [1.54, 1.807) is 36.4 Å². The maximum Gasteiger partial charge on any atom is 0.343 e. The van der Waals surface area contributed by atoms with Crippen LogP contribution in [0.1, 0.15) is 49.6 Å². The van der Waals surface area contributed by atoms with Crippen LogP contribution in [-0.2, 0) is 27.2 Å². The van der Waals surface area contributed by atoms with Crippen molar-refractivity contribution < 1.29 is 38.1 Å². The standard InChI is InChI=1S/C28H27N3O8S/c1-36-18-8-6-7-17(14-18)27(34)39-20-12-11-16(13-21(20)37-2)15-29-31-25(33)24(32)30-26-23(28(35)38-3)19-9-4-5-10-22(19)40-26/h6-8,11-15H,4-5,9-10H2,1-3H3,(H,30,32)(H,31,33). The third-order valence-electron chi connectivity index (χ3n) is 6.07. The first-order valence-electron chi connectivity index (χ1n) is 12.3. The van der Waals surface area contributed by atoms with Gasteiger partial charge in [-0.3, -0.25) is 9.59 Å². The van der Waals surface area contributed by atoms with Crippen molar-refractivity contribution in [2.75, 3.05) is 26.6 Å². The van der Waals surface area contributed by atoms with E-state index in [4.69, 9.17) is 18.9 Å². The zero-order valence-corrected chi connectivity index (χ0v) is 22.9. The largest absolute Gasteiger partial charge is 0.497 e. The molecule has 0 saturated heterocycles. The second-order valence-electron chi connectivity index (χ2n) is 8.59. The highest BCUT2D eigenvalue weighted by atomic mass is 32.1. The number of esters is 2. The molecule has 0 bridgehead atoms. The van der Waals surface area contributed by atoms with E-state index in [1.807, 2.05) is 0 Å². The van der Waals surface area contributed by atoms with Crippen LogP contribution in [0.5, 0.6) is 17.2 Å². The summed E-state index contributed by atoms with van der Waals surface area (Å²) in [5.74, 6) is -2.20. The molecule has 1 aliphatic carbocycles. The van der Waals surface area contributed by atoms with Crippen molar-refractivity contribution in [3.8, 4) is 17.2 Å². The van der Waals surface area contributed by atoms with Crippen molar-refractivity contribution in [2.24, 2.45) is 5.10 Å². The second kappa shape index (κ2) is 12.9. The first-order chi connectivity index (χ1) is 19.3. The van der Waals surface area contributed by atoms with Crippen LogP contribution in [-0.4, -0.2) is 51.3 Å². The van der Waals surface area contributed by atoms with Crippen LogP contribution in [0.4, 0.5) is 5.00 Å². The first-order valence-corrected chi connectivity index (χ1v) is 13.1. The fraction of sp³-hybridized carbons (Fsp3) is 0.250. The Kier molecular flexibility index (Phi) is 9.12. The van der Waals surface area contributed by atoms with Crippen molar-refractivity contribution in [3.63, 3.8) is 0 Å². The van der Waals surface area contributed by atoms with Crippen molar-refractivity contribution in [1.82, 2.24) is 5.43 Å². The van der Waals surface area contributed by atoms with Gasteiger partial charge in [-0.15, -0.1) is 11.3 Å². The number of hydrogen-bond donors (Lipinski definition) is 2. The number of hydrazone groups is 1. The van der Waals surface area contributed by atoms with Crippen molar-refractivity contribution in [3.05, 3.63) is 69.6 Å². The lowest BCUT2D eigenvalue weighted by atomic mass is 9.95. The Balaban J connectivity index is 1.39. The molecule has 0 spiro atoms. The summed E-state index contributed by atoms with van der Waals surface area (Å²) in [6, 6.07) is 11.2. The number of anilines is 1. The van der Waals surface area contributed by atoms with E-state index < -0.39 is 23.8 Å². The number of fused-ring (bicyclic) bond motifs is 1. The molecular weight excluding hydrogens is 538 g/mol. The Hall–Kier alpha value is -4.71. The van der Waals surface area contributed by atoms with Gasteiger partial charge in [-0.05, 0) is 73.2 Å². The minimum absolute atomic E-state index is 0.177. The van der Waals surface area contributed by atoms with Gasteiger partial charge in [0.05, 0.1) is 38.7 Å². The molecule has 11 nitrogen and oxygen atoms in total. The number of benzene rings is 2. The lowest BCUT2D eigenvalue weighted by Crippen LogP contribution is -2.32. The number of hydrogen-bond acceptors (Lipinski definition) is 10. The van der Waals surface area contributed by atoms with Crippen molar-refractivity contribution >= 4 is 46.3 Å². The predicted octanol–water partition coefficient (Wildman–Crippen LogP) is 3.74. The minimum atomic E-state index is -1.02. The number of thiophene rings is 1.